The monoisotopic (exact) mass is 444 g/mol. The number of carbonyl (C=O) groups excluding carboxylic acids is 1. The molecule has 1 aliphatic heterocycles. The molecule has 2 aliphatic rings. The van der Waals surface area contributed by atoms with Gasteiger partial charge in [0.1, 0.15) is 6.61 Å². The highest BCUT2D eigenvalue weighted by Crippen LogP contribution is 2.43. The lowest BCUT2D eigenvalue weighted by atomic mass is 9.77. The van der Waals surface area contributed by atoms with Crippen LogP contribution in [0.25, 0.3) is 0 Å². The van der Waals surface area contributed by atoms with E-state index in [4.69, 9.17) is 21.1 Å². The Bertz CT molecular complexity index is 861. The first-order valence-corrected chi connectivity index (χ1v) is 11.3. The Morgan fingerprint density at radius 2 is 1.71 bits per heavy atom. The highest BCUT2D eigenvalue weighted by molar-refractivity contribution is 6.30. The van der Waals surface area contributed by atoms with Crippen LogP contribution in [-0.2, 0) is 14.9 Å². The van der Waals surface area contributed by atoms with Crippen LogP contribution in [-0.4, -0.2) is 67.5 Å². The Balaban J connectivity index is 1.38. The zero-order chi connectivity index (χ0) is 21.7. The Kier molecular flexibility index (Phi) is 6.92. The van der Waals surface area contributed by atoms with Crippen molar-refractivity contribution in [3.63, 3.8) is 0 Å². The molecule has 31 heavy (non-hydrogen) atoms. The number of amides is 1. The van der Waals surface area contributed by atoms with Gasteiger partial charge in [0.15, 0.2) is 5.82 Å². The summed E-state index contributed by atoms with van der Waals surface area (Å²) in [6, 6.07) is 11.6. The lowest BCUT2D eigenvalue weighted by Crippen LogP contribution is -2.54. The van der Waals surface area contributed by atoms with Crippen molar-refractivity contribution in [1.82, 2.24) is 15.1 Å². The number of aromatic nitrogens is 2. The largest absolute Gasteiger partial charge is 0.474 e. The molecule has 166 valence electrons. The number of halogens is 1. The molecule has 1 saturated heterocycles. The molecule has 2 aromatic rings. The van der Waals surface area contributed by atoms with E-state index >= 15 is 0 Å². The molecule has 0 atom stereocenters. The van der Waals surface area contributed by atoms with Gasteiger partial charge in [0, 0.05) is 44.4 Å². The van der Waals surface area contributed by atoms with E-state index in [2.05, 4.69) is 15.1 Å². The average Bonchev–Trinajstić information content (AvgIpc) is 3.31. The Hall–Kier alpha value is -2.38. The molecule has 8 heteroatoms. The molecular formula is C23H29ClN4O3. The number of ether oxygens (including phenoxy) is 2. The second-order valence-corrected chi connectivity index (χ2v) is 8.58. The van der Waals surface area contributed by atoms with Gasteiger partial charge >= 0.3 is 0 Å². The third-order valence-corrected chi connectivity index (χ3v) is 6.57. The predicted molar refractivity (Wildman–Crippen MR) is 120 cm³/mol. The van der Waals surface area contributed by atoms with Gasteiger partial charge < -0.3 is 19.3 Å². The van der Waals surface area contributed by atoms with E-state index in [1.807, 2.05) is 41.3 Å². The quantitative estimate of drug-likeness (QED) is 0.610. The predicted octanol–water partition coefficient (Wildman–Crippen LogP) is 3.32. The van der Waals surface area contributed by atoms with E-state index in [1.54, 1.807) is 7.11 Å². The van der Waals surface area contributed by atoms with Crippen LogP contribution < -0.4 is 9.64 Å². The molecule has 1 aliphatic carbocycles. The van der Waals surface area contributed by atoms with Crippen LogP contribution in [0.1, 0.15) is 31.2 Å². The summed E-state index contributed by atoms with van der Waals surface area (Å²) in [7, 11) is 1.63. The van der Waals surface area contributed by atoms with Crippen molar-refractivity contribution >= 4 is 23.3 Å². The number of nitrogens with zero attached hydrogens (tertiary/aromatic N) is 4. The zero-order valence-corrected chi connectivity index (χ0v) is 18.7. The lowest BCUT2D eigenvalue weighted by molar-refractivity contribution is -0.137. The van der Waals surface area contributed by atoms with Crippen LogP contribution >= 0.6 is 11.6 Å². The molecule has 0 unspecified atom stereocenters. The van der Waals surface area contributed by atoms with E-state index in [1.165, 1.54) is 0 Å². The first-order chi connectivity index (χ1) is 15.1. The zero-order valence-electron chi connectivity index (χ0n) is 17.9. The van der Waals surface area contributed by atoms with Gasteiger partial charge in [0.05, 0.1) is 12.0 Å². The second kappa shape index (κ2) is 9.83. The van der Waals surface area contributed by atoms with Crippen LogP contribution in [0.4, 0.5) is 5.82 Å². The van der Waals surface area contributed by atoms with Crippen molar-refractivity contribution in [1.29, 1.82) is 0 Å². The fraction of sp³-hybridized carbons (Fsp3) is 0.522. The van der Waals surface area contributed by atoms with E-state index in [-0.39, 0.29) is 5.91 Å². The van der Waals surface area contributed by atoms with Crippen molar-refractivity contribution in [2.24, 2.45) is 0 Å². The summed E-state index contributed by atoms with van der Waals surface area (Å²) >= 11 is 6.08. The first kappa shape index (κ1) is 21.8. The molecule has 7 nitrogen and oxygen atoms in total. The average molecular weight is 445 g/mol. The van der Waals surface area contributed by atoms with E-state index in [0.29, 0.717) is 37.2 Å². The molecule has 1 saturated carbocycles. The number of benzene rings is 1. The highest BCUT2D eigenvalue weighted by Gasteiger charge is 2.45. The van der Waals surface area contributed by atoms with Gasteiger partial charge in [0.2, 0.25) is 11.8 Å². The Morgan fingerprint density at radius 1 is 1.00 bits per heavy atom. The number of piperazine rings is 1. The maximum atomic E-state index is 13.6. The number of anilines is 1. The van der Waals surface area contributed by atoms with Crippen LogP contribution in [0, 0.1) is 0 Å². The highest BCUT2D eigenvalue weighted by atomic mass is 35.5. The second-order valence-electron chi connectivity index (χ2n) is 8.15. The van der Waals surface area contributed by atoms with Gasteiger partial charge in [-0.2, -0.15) is 0 Å². The van der Waals surface area contributed by atoms with E-state index < -0.39 is 5.41 Å². The third-order valence-electron chi connectivity index (χ3n) is 6.32. The molecule has 1 aromatic heterocycles. The van der Waals surface area contributed by atoms with Crippen LogP contribution in [0.2, 0.25) is 5.02 Å². The SMILES string of the molecule is COCCOc1ccc(N2CCN(C(=O)C3(c4ccc(Cl)cc4)CCCC3)CC2)nn1. The number of carbonyl (C=O) groups is 1. The van der Waals surface area contributed by atoms with Crippen LogP contribution in [0.3, 0.4) is 0 Å². The molecule has 1 aromatic carbocycles. The summed E-state index contributed by atoms with van der Waals surface area (Å²) in [5.41, 5.74) is 0.685. The smallest absolute Gasteiger partial charge is 0.233 e. The fourth-order valence-electron chi connectivity index (χ4n) is 4.60. The topological polar surface area (TPSA) is 67.8 Å². The molecule has 2 fully saturated rings. The van der Waals surface area contributed by atoms with Crippen molar-refractivity contribution < 1.29 is 14.3 Å². The minimum atomic E-state index is -0.409. The van der Waals surface area contributed by atoms with Crippen molar-refractivity contribution in [3.8, 4) is 5.88 Å². The summed E-state index contributed by atoms with van der Waals surface area (Å²) in [5.74, 6) is 1.54. The molecule has 2 heterocycles. The number of hydrogen-bond acceptors (Lipinski definition) is 6. The molecule has 1 amide bonds. The molecule has 0 radical (unpaired) electrons. The number of hydrogen-bond donors (Lipinski definition) is 0. The van der Waals surface area contributed by atoms with Crippen molar-refractivity contribution in [2.75, 3.05) is 51.4 Å². The molecule has 0 spiro atoms. The minimum Gasteiger partial charge on any atom is -0.474 e. The standard InChI is InChI=1S/C23H29ClN4O3/c1-30-16-17-31-21-9-8-20(25-26-21)27-12-14-28(15-13-27)22(29)23(10-2-3-11-23)18-4-6-19(24)7-5-18/h4-9H,2-3,10-17H2,1H3. The van der Waals surface area contributed by atoms with E-state index in [0.717, 1.165) is 50.2 Å². The summed E-state index contributed by atoms with van der Waals surface area (Å²) in [5, 5.41) is 9.13. The summed E-state index contributed by atoms with van der Waals surface area (Å²) in [4.78, 5) is 17.8. The van der Waals surface area contributed by atoms with Gasteiger partial charge in [0.25, 0.3) is 0 Å². The maximum Gasteiger partial charge on any atom is 0.233 e. The van der Waals surface area contributed by atoms with Gasteiger partial charge in [-0.15, -0.1) is 10.2 Å². The Morgan fingerprint density at radius 3 is 2.32 bits per heavy atom. The minimum absolute atomic E-state index is 0.250. The van der Waals surface area contributed by atoms with Crippen LogP contribution in [0.5, 0.6) is 5.88 Å². The summed E-state index contributed by atoms with van der Waals surface area (Å²) < 4.78 is 10.4. The fourth-order valence-corrected chi connectivity index (χ4v) is 4.73. The number of methoxy groups -OCH3 is 1. The maximum absolute atomic E-state index is 13.6. The van der Waals surface area contributed by atoms with Crippen molar-refractivity contribution in [2.45, 2.75) is 31.1 Å². The van der Waals surface area contributed by atoms with Gasteiger partial charge in [-0.25, -0.2) is 0 Å². The summed E-state index contributed by atoms with van der Waals surface area (Å²) in [6.45, 7) is 3.80. The van der Waals surface area contributed by atoms with Gasteiger partial charge in [-0.1, -0.05) is 36.6 Å². The van der Waals surface area contributed by atoms with Crippen LogP contribution in [0.15, 0.2) is 36.4 Å². The molecule has 4 rings (SSSR count). The van der Waals surface area contributed by atoms with Gasteiger partial charge in [-0.3, -0.25) is 4.79 Å². The number of rotatable bonds is 7. The first-order valence-electron chi connectivity index (χ1n) is 10.9. The third kappa shape index (κ3) is 4.77. The molecule has 0 bridgehead atoms. The summed E-state index contributed by atoms with van der Waals surface area (Å²) in [6.07, 6.45) is 3.98. The lowest BCUT2D eigenvalue weighted by Gasteiger charge is -2.40. The van der Waals surface area contributed by atoms with E-state index in [9.17, 15) is 4.79 Å². The van der Waals surface area contributed by atoms with Crippen molar-refractivity contribution in [3.05, 3.63) is 47.0 Å². The Labute approximate surface area is 188 Å². The molecular weight excluding hydrogens is 416 g/mol. The normalized spacial score (nSPS) is 18.3. The molecule has 0 N–H and O–H groups in total. The van der Waals surface area contributed by atoms with Gasteiger partial charge in [-0.05, 0) is 36.6 Å².